The van der Waals surface area contributed by atoms with Crippen LogP contribution in [0.3, 0.4) is 0 Å². The molecule has 0 saturated carbocycles. The number of pyridine rings is 1. The van der Waals surface area contributed by atoms with Crippen LogP contribution in [0.2, 0.25) is 5.02 Å². The predicted molar refractivity (Wildman–Crippen MR) is 75.8 cm³/mol. The minimum Gasteiger partial charge on any atom is -0.261 e. The number of aryl methyl sites for hydroxylation is 1. The second-order valence-electron chi connectivity index (χ2n) is 4.16. The molecule has 0 N–H and O–H groups in total. The molecule has 1 heterocycles. The molecule has 2 rings (SSSR count). The van der Waals surface area contributed by atoms with Crippen molar-refractivity contribution in [2.24, 2.45) is 0 Å². The molecule has 1 aromatic heterocycles. The standard InChI is InChI=1S/C14H12BrClFN/c1-9-2-4-11(18-8-9)7-13(15)12-5-3-10(17)6-14(12)16/h2-6,8,13H,7H2,1H3. The lowest BCUT2D eigenvalue weighted by Crippen LogP contribution is -1.99. The second kappa shape index (κ2) is 5.81. The summed E-state index contributed by atoms with van der Waals surface area (Å²) in [5.41, 5.74) is 2.98. The van der Waals surface area contributed by atoms with Crippen LogP contribution in [0.5, 0.6) is 0 Å². The third kappa shape index (κ3) is 3.30. The van der Waals surface area contributed by atoms with Gasteiger partial charge in [-0.3, -0.25) is 4.98 Å². The Morgan fingerprint density at radius 2 is 2.11 bits per heavy atom. The van der Waals surface area contributed by atoms with E-state index in [2.05, 4.69) is 20.9 Å². The molecule has 0 saturated heterocycles. The number of hydrogen-bond donors (Lipinski definition) is 0. The van der Waals surface area contributed by atoms with Crippen molar-refractivity contribution in [3.8, 4) is 0 Å². The molecule has 0 aliphatic carbocycles. The van der Waals surface area contributed by atoms with E-state index in [4.69, 9.17) is 11.6 Å². The number of alkyl halides is 1. The average molecular weight is 329 g/mol. The minimum absolute atomic E-state index is 0.0285. The fourth-order valence-electron chi connectivity index (χ4n) is 1.67. The molecule has 0 amide bonds. The SMILES string of the molecule is Cc1ccc(CC(Br)c2ccc(F)cc2Cl)nc1. The maximum atomic E-state index is 13.0. The van der Waals surface area contributed by atoms with Crippen molar-refractivity contribution in [1.82, 2.24) is 4.98 Å². The summed E-state index contributed by atoms with van der Waals surface area (Å²) in [6.45, 7) is 2.00. The van der Waals surface area contributed by atoms with Gasteiger partial charge in [0, 0.05) is 28.2 Å². The van der Waals surface area contributed by atoms with E-state index in [-0.39, 0.29) is 10.6 Å². The summed E-state index contributed by atoms with van der Waals surface area (Å²) in [6, 6.07) is 8.45. The van der Waals surface area contributed by atoms with Crippen LogP contribution in [0.15, 0.2) is 36.5 Å². The zero-order chi connectivity index (χ0) is 13.1. The van der Waals surface area contributed by atoms with Crippen LogP contribution in [0, 0.1) is 12.7 Å². The van der Waals surface area contributed by atoms with Crippen molar-refractivity contribution < 1.29 is 4.39 Å². The topological polar surface area (TPSA) is 12.9 Å². The Labute approximate surface area is 119 Å². The monoisotopic (exact) mass is 327 g/mol. The van der Waals surface area contributed by atoms with E-state index in [1.165, 1.54) is 12.1 Å². The number of halogens is 3. The summed E-state index contributed by atoms with van der Waals surface area (Å²) >= 11 is 9.60. The zero-order valence-corrected chi connectivity index (χ0v) is 12.2. The van der Waals surface area contributed by atoms with Crippen LogP contribution in [-0.2, 0) is 6.42 Å². The average Bonchev–Trinajstić information content (AvgIpc) is 2.32. The Hall–Kier alpha value is -0.930. The van der Waals surface area contributed by atoms with Crippen molar-refractivity contribution in [2.75, 3.05) is 0 Å². The summed E-state index contributed by atoms with van der Waals surface area (Å²) in [6.07, 6.45) is 2.55. The first-order chi connectivity index (χ1) is 8.56. The van der Waals surface area contributed by atoms with Crippen molar-refractivity contribution in [3.63, 3.8) is 0 Å². The Morgan fingerprint density at radius 1 is 1.33 bits per heavy atom. The van der Waals surface area contributed by atoms with Gasteiger partial charge in [0.2, 0.25) is 0 Å². The van der Waals surface area contributed by atoms with E-state index in [1.54, 1.807) is 6.07 Å². The van der Waals surface area contributed by atoms with Crippen molar-refractivity contribution in [2.45, 2.75) is 18.2 Å². The van der Waals surface area contributed by atoms with Crippen LogP contribution >= 0.6 is 27.5 Å². The molecule has 94 valence electrons. The van der Waals surface area contributed by atoms with E-state index in [9.17, 15) is 4.39 Å². The van der Waals surface area contributed by atoms with Crippen LogP contribution in [0.4, 0.5) is 4.39 Å². The fraction of sp³-hybridized carbons (Fsp3) is 0.214. The van der Waals surface area contributed by atoms with E-state index in [1.807, 2.05) is 25.3 Å². The molecule has 0 aliphatic heterocycles. The quantitative estimate of drug-likeness (QED) is 0.733. The lowest BCUT2D eigenvalue weighted by Gasteiger charge is -2.11. The molecule has 1 aromatic carbocycles. The van der Waals surface area contributed by atoms with E-state index >= 15 is 0 Å². The highest BCUT2D eigenvalue weighted by molar-refractivity contribution is 9.09. The van der Waals surface area contributed by atoms with Crippen LogP contribution in [0.25, 0.3) is 0 Å². The van der Waals surface area contributed by atoms with Gasteiger partial charge in [0.1, 0.15) is 5.82 Å². The highest BCUT2D eigenvalue weighted by atomic mass is 79.9. The van der Waals surface area contributed by atoms with Gasteiger partial charge in [0.15, 0.2) is 0 Å². The Bertz CT molecular complexity index is 542. The maximum Gasteiger partial charge on any atom is 0.124 e. The number of hydrogen-bond acceptors (Lipinski definition) is 1. The second-order valence-corrected chi connectivity index (χ2v) is 5.68. The Morgan fingerprint density at radius 3 is 2.72 bits per heavy atom. The number of rotatable bonds is 3. The van der Waals surface area contributed by atoms with Gasteiger partial charge in [0.05, 0.1) is 0 Å². The van der Waals surface area contributed by atoms with Gasteiger partial charge in [-0.05, 0) is 36.2 Å². The lowest BCUT2D eigenvalue weighted by molar-refractivity contribution is 0.627. The van der Waals surface area contributed by atoms with Gasteiger partial charge in [-0.2, -0.15) is 0 Å². The molecule has 1 nitrogen and oxygen atoms in total. The number of aromatic nitrogens is 1. The summed E-state index contributed by atoms with van der Waals surface area (Å²) in [4.78, 5) is 4.37. The molecule has 1 atom stereocenters. The number of benzene rings is 1. The molecule has 2 aromatic rings. The maximum absolute atomic E-state index is 13.0. The number of nitrogens with zero attached hydrogens (tertiary/aromatic N) is 1. The normalized spacial score (nSPS) is 12.4. The first-order valence-electron chi connectivity index (χ1n) is 5.57. The third-order valence-electron chi connectivity index (χ3n) is 2.66. The summed E-state index contributed by atoms with van der Waals surface area (Å²) in [7, 11) is 0. The molecule has 4 heteroatoms. The van der Waals surface area contributed by atoms with E-state index < -0.39 is 0 Å². The molecule has 0 fully saturated rings. The van der Waals surface area contributed by atoms with Gasteiger partial charge < -0.3 is 0 Å². The van der Waals surface area contributed by atoms with Crippen LogP contribution in [0.1, 0.15) is 21.6 Å². The molecule has 0 aliphatic rings. The molecular formula is C14H12BrClFN. The smallest absolute Gasteiger partial charge is 0.124 e. The third-order valence-corrected chi connectivity index (χ3v) is 3.81. The Kier molecular flexibility index (Phi) is 4.36. The first kappa shape index (κ1) is 13.5. The molecule has 0 bridgehead atoms. The Balaban J connectivity index is 2.16. The molecule has 0 radical (unpaired) electrons. The van der Waals surface area contributed by atoms with Gasteiger partial charge in [0.25, 0.3) is 0 Å². The van der Waals surface area contributed by atoms with Crippen LogP contribution < -0.4 is 0 Å². The first-order valence-corrected chi connectivity index (χ1v) is 6.86. The van der Waals surface area contributed by atoms with Gasteiger partial charge in [-0.1, -0.05) is 39.7 Å². The van der Waals surface area contributed by atoms with Gasteiger partial charge in [-0.25, -0.2) is 4.39 Å². The molecule has 1 unspecified atom stereocenters. The largest absolute Gasteiger partial charge is 0.261 e. The molecular weight excluding hydrogens is 317 g/mol. The highest BCUT2D eigenvalue weighted by Gasteiger charge is 2.13. The van der Waals surface area contributed by atoms with Gasteiger partial charge >= 0.3 is 0 Å². The highest BCUT2D eigenvalue weighted by Crippen LogP contribution is 2.32. The van der Waals surface area contributed by atoms with Crippen LogP contribution in [-0.4, -0.2) is 4.98 Å². The molecule has 18 heavy (non-hydrogen) atoms. The minimum atomic E-state index is -0.322. The van der Waals surface area contributed by atoms with Crippen molar-refractivity contribution in [1.29, 1.82) is 0 Å². The fourth-order valence-corrected chi connectivity index (χ4v) is 2.83. The summed E-state index contributed by atoms with van der Waals surface area (Å²) in [5, 5.41) is 0.434. The van der Waals surface area contributed by atoms with Gasteiger partial charge in [-0.15, -0.1) is 0 Å². The van der Waals surface area contributed by atoms with Crippen molar-refractivity contribution >= 4 is 27.5 Å². The summed E-state index contributed by atoms with van der Waals surface area (Å²) in [5.74, 6) is -0.322. The molecule has 0 spiro atoms. The predicted octanol–water partition coefficient (Wildman–Crippen LogP) is 4.86. The summed E-state index contributed by atoms with van der Waals surface area (Å²) < 4.78 is 13.0. The van der Waals surface area contributed by atoms with E-state index in [0.717, 1.165) is 16.8 Å². The van der Waals surface area contributed by atoms with Crippen molar-refractivity contribution in [3.05, 3.63) is 64.2 Å². The van der Waals surface area contributed by atoms with E-state index in [0.29, 0.717) is 11.4 Å². The lowest BCUT2D eigenvalue weighted by atomic mass is 10.1. The zero-order valence-electron chi connectivity index (χ0n) is 9.83.